The van der Waals surface area contributed by atoms with E-state index in [-0.39, 0.29) is 66.0 Å². The van der Waals surface area contributed by atoms with E-state index < -0.39 is 48.3 Å². The summed E-state index contributed by atoms with van der Waals surface area (Å²) >= 11 is 0. The summed E-state index contributed by atoms with van der Waals surface area (Å²) in [5.41, 5.74) is 0.889. The molecule has 2 rings (SSSR count). The van der Waals surface area contributed by atoms with Crippen LogP contribution < -0.4 is 21.3 Å². The van der Waals surface area contributed by atoms with E-state index in [2.05, 4.69) is 28.2 Å². The molecule has 15 heteroatoms. The fourth-order valence-electron chi connectivity index (χ4n) is 9.21. The minimum atomic E-state index is -0.860. The lowest BCUT2D eigenvalue weighted by Gasteiger charge is -2.41. The Bertz CT molecular complexity index is 1600. The molecule has 1 aromatic carbocycles. The number of amides is 6. The predicted octanol–water partition coefficient (Wildman–Crippen LogP) is 4.95. The second-order valence-corrected chi connectivity index (χ2v) is 19.0. The zero-order valence-electron chi connectivity index (χ0n) is 42.2. The van der Waals surface area contributed by atoms with E-state index in [0.29, 0.717) is 45.3 Å². The molecule has 1 heterocycles. The zero-order valence-corrected chi connectivity index (χ0v) is 42.2. The first-order valence-electron chi connectivity index (χ1n) is 24.3. The van der Waals surface area contributed by atoms with Gasteiger partial charge in [-0.25, -0.2) is 0 Å². The molecule has 0 spiro atoms. The van der Waals surface area contributed by atoms with E-state index in [1.807, 2.05) is 90.9 Å². The lowest BCUT2D eigenvalue weighted by atomic mass is 9.89. The van der Waals surface area contributed by atoms with Crippen molar-refractivity contribution >= 4 is 35.4 Å². The lowest BCUT2D eigenvalue weighted by Crippen LogP contribution is -2.59. The largest absolute Gasteiger partial charge is 0.379 e. The molecule has 4 N–H and O–H groups in total. The van der Waals surface area contributed by atoms with Gasteiger partial charge in [-0.3, -0.25) is 33.7 Å². The highest BCUT2D eigenvalue weighted by Gasteiger charge is 2.43. The van der Waals surface area contributed by atoms with Gasteiger partial charge in [-0.1, -0.05) is 105 Å². The second-order valence-electron chi connectivity index (χ2n) is 19.0. The van der Waals surface area contributed by atoms with Crippen molar-refractivity contribution in [1.82, 2.24) is 36.0 Å². The van der Waals surface area contributed by atoms with Crippen LogP contribution >= 0.6 is 0 Å². The number of nitrogens with zero attached hydrogens (tertiary/aromatic N) is 3. The SMILES string of the molecule is CCCCCNC(=O)CCCCNC(=O)[C@H](Cc1ccccc1)NC(=O)[C@H](C)[C@@H](OC)[C@@H]1CCCN1C(=O)C[C@@H](OC)[C@H](C(C)CC)N(C)C(=O)[C@@H](NC(=O)[C@H](C(C)C)N(C)C)C(C)C. The number of rotatable bonds is 30. The van der Waals surface area contributed by atoms with Crippen LogP contribution in [0.15, 0.2) is 30.3 Å². The van der Waals surface area contributed by atoms with Crippen LogP contribution in [0, 0.1) is 23.7 Å². The summed E-state index contributed by atoms with van der Waals surface area (Å²) in [7, 11) is 8.53. The first kappa shape index (κ1) is 57.0. The number of benzene rings is 1. The number of carbonyl (C=O) groups excluding carboxylic acids is 6. The third-order valence-corrected chi connectivity index (χ3v) is 13.1. The van der Waals surface area contributed by atoms with Crippen molar-refractivity contribution in [1.29, 1.82) is 0 Å². The number of carbonyl (C=O) groups is 6. The molecule has 6 amide bonds. The zero-order chi connectivity index (χ0) is 48.8. The second kappa shape index (κ2) is 29.5. The Balaban J connectivity index is 2.22. The molecule has 1 saturated heterocycles. The van der Waals surface area contributed by atoms with Crippen LogP contribution in [-0.2, 0) is 44.7 Å². The Kier molecular flexibility index (Phi) is 25.9. The van der Waals surface area contributed by atoms with E-state index in [9.17, 15) is 28.8 Å². The highest BCUT2D eigenvalue weighted by atomic mass is 16.5. The van der Waals surface area contributed by atoms with Gasteiger partial charge >= 0.3 is 0 Å². The summed E-state index contributed by atoms with van der Waals surface area (Å²) in [6, 6.07) is 6.55. The number of likely N-dealkylation sites (tertiary alicyclic amines) is 1. The molecule has 1 aliphatic rings. The van der Waals surface area contributed by atoms with Crippen LogP contribution in [0.25, 0.3) is 0 Å². The van der Waals surface area contributed by atoms with E-state index in [4.69, 9.17) is 9.47 Å². The third-order valence-electron chi connectivity index (χ3n) is 13.1. The first-order valence-corrected chi connectivity index (χ1v) is 24.3. The maximum atomic E-state index is 14.4. The van der Waals surface area contributed by atoms with Gasteiger partial charge in [-0.05, 0) is 69.5 Å². The highest BCUT2D eigenvalue weighted by Crippen LogP contribution is 2.30. The molecule has 1 unspecified atom stereocenters. The number of hydrogen-bond donors (Lipinski definition) is 4. The van der Waals surface area contributed by atoms with Crippen molar-refractivity contribution in [2.24, 2.45) is 23.7 Å². The standard InChI is InChI=1S/C50H87N7O8/c1-14-16-21-28-51-41(58)27-20-22-29-52-48(61)38(31-37-24-18-17-19-25-37)53-47(60)36(8)46(65-13)39-26-23-30-57(39)42(59)32-40(64-12)45(35(7)15-2)56(11)50(63)43(33(3)4)54-49(62)44(34(5)6)55(9)10/h17-19,24-25,33-36,38-40,43-46H,14-16,20-23,26-32H2,1-13H3,(H,51,58)(H,52,61)(H,53,60)(H,54,62)/t35?,36-,38+,39+,40-,43+,44+,45+,46-/m1/s1. The molecule has 65 heavy (non-hydrogen) atoms. The molecular weight excluding hydrogens is 827 g/mol. The van der Waals surface area contributed by atoms with Gasteiger partial charge < -0.3 is 40.5 Å². The number of likely N-dealkylation sites (N-methyl/N-ethyl adjacent to an activating group) is 2. The van der Waals surface area contributed by atoms with Crippen molar-refractivity contribution in [3.63, 3.8) is 0 Å². The van der Waals surface area contributed by atoms with Crippen LogP contribution in [0.5, 0.6) is 0 Å². The first-order chi connectivity index (χ1) is 30.8. The van der Waals surface area contributed by atoms with Crippen LogP contribution in [0.1, 0.15) is 125 Å². The molecule has 0 bridgehead atoms. The van der Waals surface area contributed by atoms with Gasteiger partial charge in [0.15, 0.2) is 0 Å². The van der Waals surface area contributed by atoms with Crippen molar-refractivity contribution in [3.05, 3.63) is 35.9 Å². The minimum absolute atomic E-state index is 0.00561. The molecule has 1 aliphatic heterocycles. The Labute approximate surface area is 391 Å². The molecule has 15 nitrogen and oxygen atoms in total. The number of nitrogens with one attached hydrogen (secondary N) is 4. The molecule has 0 radical (unpaired) electrons. The Morgan fingerprint density at radius 3 is 2.00 bits per heavy atom. The molecule has 0 aliphatic carbocycles. The Hall–Kier alpha value is -4.08. The summed E-state index contributed by atoms with van der Waals surface area (Å²) in [6.45, 7) is 17.3. The number of ether oxygens (including phenoxy) is 2. The lowest BCUT2D eigenvalue weighted by molar-refractivity contribution is -0.148. The van der Waals surface area contributed by atoms with Crippen LogP contribution in [-0.4, -0.2) is 148 Å². The maximum absolute atomic E-state index is 14.4. The minimum Gasteiger partial charge on any atom is -0.379 e. The Morgan fingerprint density at radius 1 is 0.785 bits per heavy atom. The van der Waals surface area contributed by atoms with Gasteiger partial charge in [-0.2, -0.15) is 0 Å². The van der Waals surface area contributed by atoms with Crippen LogP contribution in [0.4, 0.5) is 0 Å². The Morgan fingerprint density at radius 2 is 1.43 bits per heavy atom. The summed E-state index contributed by atoms with van der Waals surface area (Å²) in [5, 5.41) is 12.0. The van der Waals surface area contributed by atoms with Crippen molar-refractivity contribution in [3.8, 4) is 0 Å². The molecule has 0 saturated carbocycles. The van der Waals surface area contributed by atoms with Gasteiger partial charge in [0.05, 0.1) is 42.7 Å². The fraction of sp³-hybridized carbons (Fsp3) is 0.760. The number of methoxy groups -OCH3 is 2. The van der Waals surface area contributed by atoms with E-state index in [1.54, 1.807) is 38.0 Å². The topological polar surface area (TPSA) is 179 Å². The summed E-state index contributed by atoms with van der Waals surface area (Å²) in [4.78, 5) is 87.5. The van der Waals surface area contributed by atoms with Gasteiger partial charge in [-0.15, -0.1) is 0 Å². The summed E-state index contributed by atoms with van der Waals surface area (Å²) in [5.74, 6) is -2.23. The number of hydrogen-bond acceptors (Lipinski definition) is 9. The average Bonchev–Trinajstić information content (AvgIpc) is 3.75. The summed E-state index contributed by atoms with van der Waals surface area (Å²) < 4.78 is 12.1. The van der Waals surface area contributed by atoms with E-state index >= 15 is 0 Å². The van der Waals surface area contributed by atoms with Gasteiger partial charge in [0.25, 0.3) is 0 Å². The van der Waals surface area contributed by atoms with Crippen molar-refractivity contribution in [2.45, 2.75) is 168 Å². The molecule has 9 atom stereocenters. The smallest absolute Gasteiger partial charge is 0.245 e. The molecular formula is C50H87N7O8. The van der Waals surface area contributed by atoms with Crippen molar-refractivity contribution in [2.75, 3.05) is 55.0 Å². The molecule has 0 aromatic heterocycles. The van der Waals surface area contributed by atoms with Gasteiger partial charge in [0, 0.05) is 53.7 Å². The van der Waals surface area contributed by atoms with Gasteiger partial charge in [0.1, 0.15) is 12.1 Å². The third kappa shape index (κ3) is 17.9. The van der Waals surface area contributed by atoms with Crippen molar-refractivity contribution < 1.29 is 38.2 Å². The summed E-state index contributed by atoms with van der Waals surface area (Å²) in [6.07, 6.45) is 5.78. The monoisotopic (exact) mass is 914 g/mol. The van der Waals surface area contributed by atoms with Gasteiger partial charge in [0.2, 0.25) is 35.4 Å². The molecule has 1 fully saturated rings. The molecule has 1 aromatic rings. The maximum Gasteiger partial charge on any atom is 0.245 e. The highest BCUT2D eigenvalue weighted by molar-refractivity contribution is 5.91. The van der Waals surface area contributed by atoms with Crippen LogP contribution in [0.3, 0.4) is 0 Å². The normalized spacial score (nSPS) is 17.7. The quantitative estimate of drug-likeness (QED) is 0.0778. The number of unbranched alkanes of at least 4 members (excludes halogenated alkanes) is 3. The fourth-order valence-corrected chi connectivity index (χ4v) is 9.21. The van der Waals surface area contributed by atoms with Crippen LogP contribution in [0.2, 0.25) is 0 Å². The predicted molar refractivity (Wildman–Crippen MR) is 257 cm³/mol. The van der Waals surface area contributed by atoms with E-state index in [0.717, 1.165) is 37.7 Å². The average molecular weight is 914 g/mol. The van der Waals surface area contributed by atoms with E-state index in [1.165, 1.54) is 0 Å². The molecule has 370 valence electrons.